The van der Waals surface area contributed by atoms with E-state index in [2.05, 4.69) is 19.2 Å². The number of rotatable bonds is 17. The smallest absolute Gasteiger partial charge is 0.320 e. The molecule has 6 N–H and O–H groups in total. The van der Waals surface area contributed by atoms with Crippen LogP contribution in [0.25, 0.3) is 0 Å². The second-order valence-electron chi connectivity index (χ2n) is 6.82. The van der Waals surface area contributed by atoms with Crippen molar-refractivity contribution in [2.75, 3.05) is 13.1 Å². The van der Waals surface area contributed by atoms with Crippen molar-refractivity contribution in [1.82, 2.24) is 5.32 Å². The van der Waals surface area contributed by atoms with E-state index in [4.69, 9.17) is 16.6 Å². The zero-order valence-electron chi connectivity index (χ0n) is 17.1. The molecule has 0 saturated heterocycles. The first-order chi connectivity index (χ1) is 12.5. The Labute approximate surface area is 160 Å². The molecule has 1 amide bonds. The lowest BCUT2D eigenvalue weighted by atomic mass is 10.1. The molecule has 0 aromatic heterocycles. The normalized spacial score (nSPS) is 11.5. The highest BCUT2D eigenvalue weighted by Gasteiger charge is 2.16. The third kappa shape index (κ3) is 22.9. The Morgan fingerprint density at radius 1 is 0.885 bits per heavy atom. The number of carboxylic acid groups (broad SMARTS) is 1. The van der Waals surface area contributed by atoms with E-state index in [1.54, 1.807) is 0 Å². The minimum absolute atomic E-state index is 0.113. The molecule has 26 heavy (non-hydrogen) atoms. The fourth-order valence-corrected chi connectivity index (χ4v) is 2.49. The van der Waals surface area contributed by atoms with Gasteiger partial charge in [-0.2, -0.15) is 0 Å². The van der Waals surface area contributed by atoms with E-state index < -0.39 is 17.9 Å². The maximum atomic E-state index is 11.0. The Hall–Kier alpha value is -1.14. The van der Waals surface area contributed by atoms with Crippen LogP contribution in [0.1, 0.15) is 97.3 Å². The third-order valence-corrected chi connectivity index (χ3v) is 4.19. The molecule has 156 valence electrons. The molecule has 0 rings (SSSR count). The molecule has 0 aliphatic heterocycles. The van der Waals surface area contributed by atoms with E-state index in [1.165, 1.54) is 51.4 Å². The quantitative estimate of drug-likeness (QED) is 0.291. The van der Waals surface area contributed by atoms with Crippen LogP contribution in [0.2, 0.25) is 0 Å². The molecule has 0 fully saturated rings. The highest BCUT2D eigenvalue weighted by atomic mass is 16.4. The van der Waals surface area contributed by atoms with E-state index in [0.29, 0.717) is 6.54 Å². The Morgan fingerprint density at radius 3 is 1.73 bits per heavy atom. The molecule has 0 bridgehead atoms. The number of nitrogens with one attached hydrogen (secondary N) is 1. The highest BCUT2D eigenvalue weighted by molar-refractivity contribution is 5.77. The van der Waals surface area contributed by atoms with Gasteiger partial charge in [-0.05, 0) is 32.4 Å². The van der Waals surface area contributed by atoms with Crippen LogP contribution in [0.4, 0.5) is 0 Å². The van der Waals surface area contributed by atoms with Crippen LogP contribution < -0.4 is 16.8 Å². The van der Waals surface area contributed by atoms with Crippen molar-refractivity contribution in [2.24, 2.45) is 11.5 Å². The molecule has 0 spiro atoms. The predicted octanol–water partition coefficient (Wildman–Crippen LogP) is 3.57. The molecule has 6 heteroatoms. The molecule has 0 radical (unpaired) electrons. The second-order valence-corrected chi connectivity index (χ2v) is 6.82. The maximum absolute atomic E-state index is 11.0. The number of hydrogen-bond acceptors (Lipinski definition) is 4. The van der Waals surface area contributed by atoms with Crippen molar-refractivity contribution in [2.45, 2.75) is 103 Å². The topological polar surface area (TPSA) is 118 Å². The average Bonchev–Trinajstić information content (AvgIpc) is 2.61. The Kier molecular flexibility index (Phi) is 22.8. The van der Waals surface area contributed by atoms with Gasteiger partial charge in [-0.25, -0.2) is 0 Å². The largest absolute Gasteiger partial charge is 0.480 e. The average molecular weight is 374 g/mol. The van der Waals surface area contributed by atoms with E-state index in [1.807, 2.05) is 0 Å². The van der Waals surface area contributed by atoms with Crippen molar-refractivity contribution in [1.29, 1.82) is 0 Å². The predicted molar refractivity (Wildman–Crippen MR) is 109 cm³/mol. The molecule has 0 aromatic carbocycles. The fraction of sp³-hybridized carbons (Fsp3) is 0.900. The van der Waals surface area contributed by atoms with Crippen LogP contribution in [-0.4, -0.2) is 36.1 Å². The Balaban J connectivity index is 0. The fourth-order valence-electron chi connectivity index (χ4n) is 2.49. The Bertz CT molecular complexity index is 323. The van der Waals surface area contributed by atoms with Gasteiger partial charge in [0.1, 0.15) is 6.04 Å². The molecule has 1 atom stereocenters. The minimum atomic E-state index is -0.909. The van der Waals surface area contributed by atoms with Crippen LogP contribution in [0, 0.1) is 0 Å². The number of hydrogen-bond donors (Lipinski definition) is 4. The molecular formula is C20H43N3O3. The molecule has 0 saturated carbocycles. The van der Waals surface area contributed by atoms with E-state index in [-0.39, 0.29) is 12.8 Å². The van der Waals surface area contributed by atoms with Gasteiger partial charge in [-0.15, -0.1) is 0 Å². The van der Waals surface area contributed by atoms with E-state index >= 15 is 0 Å². The Morgan fingerprint density at radius 2 is 1.35 bits per heavy atom. The van der Waals surface area contributed by atoms with Gasteiger partial charge >= 0.3 is 5.97 Å². The molecule has 0 heterocycles. The van der Waals surface area contributed by atoms with Crippen molar-refractivity contribution in [3.05, 3.63) is 0 Å². The third-order valence-electron chi connectivity index (χ3n) is 4.19. The summed E-state index contributed by atoms with van der Waals surface area (Å²) in [7, 11) is 0. The van der Waals surface area contributed by atoms with Gasteiger partial charge in [0.2, 0.25) is 5.91 Å². The number of carbonyl (C=O) groups excluding carboxylic acids is 1. The zero-order valence-corrected chi connectivity index (χ0v) is 17.1. The summed E-state index contributed by atoms with van der Waals surface area (Å²) < 4.78 is 0. The summed E-state index contributed by atoms with van der Waals surface area (Å²) in [6.45, 7) is 5.79. The summed E-state index contributed by atoms with van der Waals surface area (Å²) >= 11 is 0. The number of unbranched alkanes of at least 4 members (excludes halogenated alkanes) is 9. The standard InChI is InChI=1S/C17H34N2O3.C3H9N/c1-2-3-4-5-6-7-8-9-10-11-14-19-15(17(21)22)12-13-16(18)20;1-2-3-4/h15,19H,2-14H2,1H3,(H2,18,20)(H,21,22);2-4H2,1H3. The van der Waals surface area contributed by atoms with Crippen LogP contribution in [0.3, 0.4) is 0 Å². The summed E-state index contributed by atoms with van der Waals surface area (Å²) in [5.41, 5.74) is 10.1. The van der Waals surface area contributed by atoms with Gasteiger partial charge in [0.15, 0.2) is 0 Å². The summed E-state index contributed by atoms with van der Waals surface area (Å²) in [5.74, 6) is -1.36. The SMILES string of the molecule is CCCCCCCCCCCCNC(CCC(N)=O)C(=O)O.CCCN. The molecule has 6 nitrogen and oxygen atoms in total. The first kappa shape index (κ1) is 27.1. The molecule has 1 unspecified atom stereocenters. The maximum Gasteiger partial charge on any atom is 0.320 e. The number of carbonyl (C=O) groups is 2. The van der Waals surface area contributed by atoms with Crippen LogP contribution >= 0.6 is 0 Å². The van der Waals surface area contributed by atoms with E-state index in [9.17, 15) is 9.59 Å². The lowest BCUT2D eigenvalue weighted by Gasteiger charge is -2.13. The molecule has 0 aromatic rings. The van der Waals surface area contributed by atoms with Gasteiger partial charge in [-0.1, -0.05) is 71.6 Å². The summed E-state index contributed by atoms with van der Waals surface area (Å²) in [5, 5.41) is 12.0. The van der Waals surface area contributed by atoms with E-state index in [0.717, 1.165) is 25.8 Å². The first-order valence-corrected chi connectivity index (χ1v) is 10.4. The highest BCUT2D eigenvalue weighted by Crippen LogP contribution is 2.10. The lowest BCUT2D eigenvalue weighted by molar-refractivity contribution is -0.139. The summed E-state index contributed by atoms with van der Waals surface area (Å²) in [4.78, 5) is 21.7. The lowest BCUT2D eigenvalue weighted by Crippen LogP contribution is -2.38. The number of carboxylic acids is 1. The summed E-state index contributed by atoms with van der Waals surface area (Å²) in [6, 6.07) is -0.661. The van der Waals surface area contributed by atoms with Crippen LogP contribution in [-0.2, 0) is 9.59 Å². The number of amides is 1. The zero-order chi connectivity index (χ0) is 20.0. The van der Waals surface area contributed by atoms with Crippen molar-refractivity contribution >= 4 is 11.9 Å². The number of nitrogens with two attached hydrogens (primary N) is 2. The monoisotopic (exact) mass is 373 g/mol. The van der Waals surface area contributed by atoms with Crippen molar-refractivity contribution < 1.29 is 14.7 Å². The van der Waals surface area contributed by atoms with Gasteiger partial charge in [-0.3, -0.25) is 9.59 Å². The van der Waals surface area contributed by atoms with Crippen molar-refractivity contribution in [3.63, 3.8) is 0 Å². The molecular weight excluding hydrogens is 330 g/mol. The molecule has 0 aliphatic rings. The number of primary amides is 1. The minimum Gasteiger partial charge on any atom is -0.480 e. The van der Waals surface area contributed by atoms with Gasteiger partial charge in [0.05, 0.1) is 0 Å². The molecule has 0 aliphatic carbocycles. The number of aliphatic carboxylic acids is 1. The van der Waals surface area contributed by atoms with Gasteiger partial charge in [0, 0.05) is 6.42 Å². The van der Waals surface area contributed by atoms with Gasteiger partial charge < -0.3 is 21.9 Å². The van der Waals surface area contributed by atoms with Crippen LogP contribution in [0.5, 0.6) is 0 Å². The van der Waals surface area contributed by atoms with Crippen molar-refractivity contribution in [3.8, 4) is 0 Å². The van der Waals surface area contributed by atoms with Gasteiger partial charge in [0.25, 0.3) is 0 Å². The summed E-state index contributed by atoms with van der Waals surface area (Å²) in [6.07, 6.45) is 14.1. The second kappa shape index (κ2) is 21.9. The first-order valence-electron chi connectivity index (χ1n) is 10.4. The van der Waals surface area contributed by atoms with Crippen LogP contribution in [0.15, 0.2) is 0 Å².